The third-order valence-electron chi connectivity index (χ3n) is 6.44. The molecule has 5 aromatic rings. The van der Waals surface area contributed by atoms with Gasteiger partial charge in [0.05, 0.1) is 0 Å². The molecule has 31 heavy (non-hydrogen) atoms. The molecule has 3 heteroatoms. The molecule has 6 rings (SSSR count). The second kappa shape index (κ2) is 6.92. The van der Waals surface area contributed by atoms with E-state index in [0.717, 1.165) is 45.2 Å². The summed E-state index contributed by atoms with van der Waals surface area (Å²) in [5, 5.41) is 2.23. The number of aromatic amines is 1. The molecule has 0 bridgehead atoms. The van der Waals surface area contributed by atoms with Crippen LogP contribution < -0.4 is 4.57 Å². The number of hydrogen-bond donors (Lipinski definition) is 1. The molecule has 2 aromatic heterocycles. The van der Waals surface area contributed by atoms with Crippen molar-refractivity contribution in [3.63, 3.8) is 0 Å². The highest BCUT2D eigenvalue weighted by atomic mass is 16.1. The van der Waals surface area contributed by atoms with Crippen molar-refractivity contribution >= 4 is 27.6 Å². The van der Waals surface area contributed by atoms with Crippen molar-refractivity contribution in [1.29, 1.82) is 0 Å². The minimum Gasteiger partial charge on any atom is -0.349 e. The van der Waals surface area contributed by atoms with Gasteiger partial charge in [0.2, 0.25) is 5.69 Å². The summed E-state index contributed by atoms with van der Waals surface area (Å²) in [7, 11) is 0. The third-order valence-corrected chi connectivity index (χ3v) is 6.44. The molecule has 1 aliphatic rings. The molecule has 0 spiro atoms. The Morgan fingerprint density at radius 3 is 2.52 bits per heavy atom. The first kappa shape index (κ1) is 18.1. The molecule has 0 fully saturated rings. The molecule has 0 amide bonds. The van der Waals surface area contributed by atoms with Gasteiger partial charge >= 0.3 is 0 Å². The zero-order chi connectivity index (χ0) is 20.9. The second-order valence-corrected chi connectivity index (χ2v) is 8.36. The minimum absolute atomic E-state index is 0.0793. The molecule has 3 aromatic carbocycles. The zero-order valence-electron chi connectivity index (χ0n) is 17.5. The molecular weight excluding hydrogens is 380 g/mol. The second-order valence-electron chi connectivity index (χ2n) is 8.36. The lowest BCUT2D eigenvalue weighted by Gasteiger charge is -2.05. The van der Waals surface area contributed by atoms with Gasteiger partial charge < -0.3 is 4.98 Å². The van der Waals surface area contributed by atoms with Crippen LogP contribution in [0.4, 0.5) is 0 Å². The minimum atomic E-state index is 0.0793. The van der Waals surface area contributed by atoms with Crippen molar-refractivity contribution in [3.05, 3.63) is 95.8 Å². The Balaban J connectivity index is 1.47. The summed E-state index contributed by atoms with van der Waals surface area (Å²) in [6.45, 7) is 2.23. The molecule has 1 aliphatic heterocycles. The lowest BCUT2D eigenvalue weighted by atomic mass is 10.00. The standard InChI is InChI=1S/C28H22N2O/c1-2-3-6-18-9-11-19(12-10-18)20-13-14-24-23(17-20)21-15-16-30-25-8-5-4-7-22(25)28(31)27(30)26(21)29-24/h4-5,7-17H,2-3,6H2,1H3/p+1. The van der Waals surface area contributed by atoms with Crippen LogP contribution >= 0.6 is 0 Å². The number of ketones is 1. The topological polar surface area (TPSA) is 36.7 Å². The molecular formula is C28H23N2O+. The smallest absolute Gasteiger partial charge is 0.284 e. The summed E-state index contributed by atoms with van der Waals surface area (Å²) in [5.41, 5.74) is 8.20. The number of para-hydroxylation sites is 1. The highest BCUT2D eigenvalue weighted by molar-refractivity contribution is 6.20. The van der Waals surface area contributed by atoms with E-state index in [9.17, 15) is 4.79 Å². The van der Waals surface area contributed by atoms with Gasteiger partial charge in [0.15, 0.2) is 6.20 Å². The maximum absolute atomic E-state index is 13.1. The van der Waals surface area contributed by atoms with Gasteiger partial charge in [-0.05, 0) is 47.7 Å². The first-order valence-corrected chi connectivity index (χ1v) is 11.0. The van der Waals surface area contributed by atoms with E-state index >= 15 is 0 Å². The summed E-state index contributed by atoms with van der Waals surface area (Å²) in [6, 6.07) is 25.3. The van der Waals surface area contributed by atoms with Crippen molar-refractivity contribution in [1.82, 2.24) is 4.98 Å². The predicted molar refractivity (Wildman–Crippen MR) is 125 cm³/mol. The number of H-pyrrole nitrogens is 1. The molecule has 0 unspecified atom stereocenters. The molecule has 0 atom stereocenters. The number of aromatic nitrogens is 2. The number of unbranched alkanes of at least 4 members (excludes halogenated alkanes) is 1. The number of carbonyl (C=O) groups is 1. The van der Waals surface area contributed by atoms with Crippen molar-refractivity contribution in [3.8, 4) is 16.8 Å². The van der Waals surface area contributed by atoms with E-state index in [-0.39, 0.29) is 5.78 Å². The number of hydrogen-bond acceptors (Lipinski definition) is 1. The molecule has 0 radical (unpaired) electrons. The summed E-state index contributed by atoms with van der Waals surface area (Å²) in [4.78, 5) is 16.6. The molecule has 150 valence electrons. The summed E-state index contributed by atoms with van der Waals surface area (Å²) < 4.78 is 2.01. The summed E-state index contributed by atoms with van der Waals surface area (Å²) in [5.74, 6) is 0.0793. The van der Waals surface area contributed by atoms with Crippen molar-refractivity contribution < 1.29 is 9.36 Å². The SMILES string of the molecule is CCCCc1ccc(-c2ccc3[nH]c4c5[n+](ccc4c3c2)-c2ccccc2C5=O)cc1. The van der Waals surface area contributed by atoms with Gasteiger partial charge in [-0.15, -0.1) is 0 Å². The van der Waals surface area contributed by atoms with Crippen molar-refractivity contribution in [2.75, 3.05) is 0 Å². The molecule has 1 N–H and O–H groups in total. The Morgan fingerprint density at radius 2 is 1.68 bits per heavy atom. The molecule has 3 nitrogen and oxygen atoms in total. The lowest BCUT2D eigenvalue weighted by molar-refractivity contribution is -0.592. The van der Waals surface area contributed by atoms with Crippen LogP contribution in [0.15, 0.2) is 79.0 Å². The van der Waals surface area contributed by atoms with Gasteiger partial charge in [-0.3, -0.25) is 4.79 Å². The monoisotopic (exact) mass is 403 g/mol. The Hall–Kier alpha value is -3.72. The normalized spacial score (nSPS) is 12.5. The number of rotatable bonds is 4. The zero-order valence-corrected chi connectivity index (χ0v) is 17.5. The largest absolute Gasteiger partial charge is 0.349 e. The maximum atomic E-state index is 13.1. The van der Waals surface area contributed by atoms with E-state index in [1.165, 1.54) is 29.5 Å². The maximum Gasteiger partial charge on any atom is 0.284 e. The summed E-state index contributed by atoms with van der Waals surface area (Å²) >= 11 is 0. The Labute approximate surface area is 181 Å². The fraction of sp³-hybridized carbons (Fsp3) is 0.143. The van der Waals surface area contributed by atoms with E-state index in [1.54, 1.807) is 0 Å². The quantitative estimate of drug-likeness (QED) is 0.352. The highest BCUT2D eigenvalue weighted by Crippen LogP contribution is 2.33. The fourth-order valence-electron chi connectivity index (χ4n) is 4.77. The first-order valence-electron chi connectivity index (χ1n) is 11.0. The van der Waals surface area contributed by atoms with Crippen LogP contribution in [0.25, 0.3) is 38.6 Å². The predicted octanol–water partition coefficient (Wildman–Crippen LogP) is 6.15. The van der Waals surface area contributed by atoms with Crippen LogP contribution in [0.5, 0.6) is 0 Å². The van der Waals surface area contributed by atoms with Gasteiger partial charge in [-0.2, -0.15) is 4.57 Å². The van der Waals surface area contributed by atoms with Crippen molar-refractivity contribution in [2.45, 2.75) is 26.2 Å². The third kappa shape index (κ3) is 2.73. The van der Waals surface area contributed by atoms with Crippen LogP contribution in [0.2, 0.25) is 0 Å². The van der Waals surface area contributed by atoms with Crippen LogP contribution in [-0.2, 0) is 6.42 Å². The lowest BCUT2D eigenvalue weighted by Crippen LogP contribution is -2.31. The Kier molecular flexibility index (Phi) is 4.03. The van der Waals surface area contributed by atoms with E-state index in [2.05, 4.69) is 60.4 Å². The Bertz CT molecular complexity index is 1480. The number of aryl methyl sites for hydroxylation is 1. The van der Waals surface area contributed by atoms with Crippen LogP contribution in [0.3, 0.4) is 0 Å². The van der Waals surface area contributed by atoms with Crippen molar-refractivity contribution in [2.24, 2.45) is 0 Å². The average molecular weight is 404 g/mol. The van der Waals surface area contributed by atoms with E-state index in [4.69, 9.17) is 0 Å². The van der Waals surface area contributed by atoms with Gasteiger partial charge in [0, 0.05) is 28.4 Å². The van der Waals surface area contributed by atoms with Gasteiger partial charge in [-0.25, -0.2) is 0 Å². The molecule has 0 aliphatic carbocycles. The van der Waals surface area contributed by atoms with Crippen LogP contribution in [0.1, 0.15) is 41.4 Å². The van der Waals surface area contributed by atoms with Crippen LogP contribution in [0, 0.1) is 0 Å². The number of nitrogens with zero attached hydrogens (tertiary/aromatic N) is 1. The molecule has 0 saturated carbocycles. The number of benzene rings is 3. The number of pyridine rings is 1. The van der Waals surface area contributed by atoms with Gasteiger partial charge in [0.25, 0.3) is 11.5 Å². The molecule has 3 heterocycles. The molecule has 0 saturated heterocycles. The fourth-order valence-corrected chi connectivity index (χ4v) is 4.77. The van der Waals surface area contributed by atoms with Crippen LogP contribution in [-0.4, -0.2) is 10.8 Å². The number of fused-ring (bicyclic) bond motifs is 7. The van der Waals surface area contributed by atoms with Gasteiger partial charge in [-0.1, -0.05) is 55.8 Å². The number of carbonyl (C=O) groups excluding carboxylic acids is 1. The average Bonchev–Trinajstić information content (AvgIpc) is 3.33. The number of nitrogens with one attached hydrogen (secondary N) is 1. The Morgan fingerprint density at radius 1 is 0.871 bits per heavy atom. The van der Waals surface area contributed by atoms with E-state index in [0.29, 0.717) is 0 Å². The van der Waals surface area contributed by atoms with E-state index < -0.39 is 0 Å². The first-order chi connectivity index (χ1) is 15.2. The van der Waals surface area contributed by atoms with Gasteiger partial charge in [0.1, 0.15) is 11.1 Å². The highest BCUT2D eigenvalue weighted by Gasteiger charge is 2.37. The van der Waals surface area contributed by atoms with E-state index in [1.807, 2.05) is 35.0 Å². The summed E-state index contributed by atoms with van der Waals surface area (Å²) in [6.07, 6.45) is 5.60.